The van der Waals surface area contributed by atoms with E-state index in [1.54, 1.807) is 0 Å². The van der Waals surface area contributed by atoms with Crippen molar-refractivity contribution < 1.29 is 4.42 Å². The van der Waals surface area contributed by atoms with E-state index in [0.717, 1.165) is 11.5 Å². The van der Waals surface area contributed by atoms with Crippen LogP contribution in [0, 0.1) is 27.7 Å². The van der Waals surface area contributed by atoms with Crippen LogP contribution in [0.3, 0.4) is 0 Å². The molecule has 0 atom stereocenters. The highest BCUT2D eigenvalue weighted by molar-refractivity contribution is 5.61. The van der Waals surface area contributed by atoms with Crippen LogP contribution in [0.25, 0.3) is 11.3 Å². The molecule has 0 saturated carbocycles. The van der Waals surface area contributed by atoms with E-state index in [0.29, 0.717) is 0 Å². The van der Waals surface area contributed by atoms with Gasteiger partial charge in [0.15, 0.2) is 0 Å². The van der Waals surface area contributed by atoms with Crippen molar-refractivity contribution in [2.75, 3.05) is 0 Å². The van der Waals surface area contributed by atoms with Gasteiger partial charge in [-0.15, -0.1) is 0 Å². The first-order valence-corrected chi connectivity index (χ1v) is 5.22. The van der Waals surface area contributed by atoms with Gasteiger partial charge >= 0.3 is 0 Å². The number of benzene rings is 1. The van der Waals surface area contributed by atoms with Crippen LogP contribution in [0.1, 0.15) is 22.5 Å². The lowest BCUT2D eigenvalue weighted by molar-refractivity contribution is 0.548. The van der Waals surface area contributed by atoms with E-state index in [-0.39, 0.29) is 0 Å². The molecule has 0 N–H and O–H groups in total. The molecule has 0 spiro atoms. The number of furan rings is 1. The average Bonchev–Trinajstić information content (AvgIpc) is 2.60. The second kappa shape index (κ2) is 3.58. The Hall–Kier alpha value is -1.50. The number of hydrogen-bond acceptors (Lipinski definition) is 1. The SMILES string of the molecule is Cc1ccc(-c2cc(C)c(C)c(C)c2)o1. The molecule has 0 amide bonds. The normalized spacial score (nSPS) is 10.7. The second-order valence-electron chi connectivity index (χ2n) is 4.15. The van der Waals surface area contributed by atoms with Crippen molar-refractivity contribution in [1.82, 2.24) is 0 Å². The highest BCUT2D eigenvalue weighted by atomic mass is 16.3. The van der Waals surface area contributed by atoms with E-state index < -0.39 is 0 Å². The zero-order valence-electron chi connectivity index (χ0n) is 9.72. The standard InChI is InChI=1S/C14H16O/c1-9-7-13(8-10(2)12(9)4)14-6-5-11(3)15-14/h5-8H,1-4H3. The first-order chi connectivity index (χ1) is 7.08. The number of rotatable bonds is 1. The summed E-state index contributed by atoms with van der Waals surface area (Å²) >= 11 is 0. The summed E-state index contributed by atoms with van der Waals surface area (Å²) in [4.78, 5) is 0. The fourth-order valence-electron chi connectivity index (χ4n) is 1.77. The predicted molar refractivity (Wildman–Crippen MR) is 63.1 cm³/mol. The largest absolute Gasteiger partial charge is 0.461 e. The van der Waals surface area contributed by atoms with Crippen molar-refractivity contribution in [3.63, 3.8) is 0 Å². The molecular formula is C14H16O. The molecule has 0 fully saturated rings. The van der Waals surface area contributed by atoms with E-state index in [4.69, 9.17) is 4.42 Å². The maximum absolute atomic E-state index is 5.62. The Kier molecular flexibility index (Phi) is 2.39. The van der Waals surface area contributed by atoms with Gasteiger partial charge < -0.3 is 4.42 Å². The molecule has 2 aromatic rings. The van der Waals surface area contributed by atoms with Gasteiger partial charge in [-0.05, 0) is 68.7 Å². The Bertz CT molecular complexity index is 469. The quantitative estimate of drug-likeness (QED) is 0.673. The van der Waals surface area contributed by atoms with E-state index in [9.17, 15) is 0 Å². The molecule has 2 rings (SSSR count). The number of aryl methyl sites for hydroxylation is 3. The third-order valence-electron chi connectivity index (χ3n) is 2.95. The summed E-state index contributed by atoms with van der Waals surface area (Å²) in [6, 6.07) is 8.39. The summed E-state index contributed by atoms with van der Waals surface area (Å²) in [5.74, 6) is 1.92. The molecule has 1 aromatic heterocycles. The highest BCUT2D eigenvalue weighted by Crippen LogP contribution is 2.26. The molecular weight excluding hydrogens is 184 g/mol. The van der Waals surface area contributed by atoms with Crippen LogP contribution in [0.15, 0.2) is 28.7 Å². The second-order valence-corrected chi connectivity index (χ2v) is 4.15. The third kappa shape index (κ3) is 1.82. The van der Waals surface area contributed by atoms with Crippen molar-refractivity contribution >= 4 is 0 Å². The molecule has 0 aliphatic carbocycles. The molecule has 0 aliphatic rings. The highest BCUT2D eigenvalue weighted by Gasteiger charge is 2.05. The zero-order valence-corrected chi connectivity index (χ0v) is 9.72. The van der Waals surface area contributed by atoms with Gasteiger partial charge in [-0.3, -0.25) is 0 Å². The minimum absolute atomic E-state index is 0.957. The molecule has 1 nitrogen and oxygen atoms in total. The zero-order chi connectivity index (χ0) is 11.0. The Labute approximate surface area is 90.7 Å². The van der Waals surface area contributed by atoms with Gasteiger partial charge in [0.2, 0.25) is 0 Å². The average molecular weight is 200 g/mol. The summed E-state index contributed by atoms with van der Waals surface area (Å²) in [7, 11) is 0. The lowest BCUT2D eigenvalue weighted by Crippen LogP contribution is -1.87. The fraction of sp³-hybridized carbons (Fsp3) is 0.286. The molecule has 1 heterocycles. The first-order valence-electron chi connectivity index (χ1n) is 5.22. The van der Waals surface area contributed by atoms with Crippen molar-refractivity contribution in [3.05, 3.63) is 46.7 Å². The summed E-state index contributed by atoms with van der Waals surface area (Å²) < 4.78 is 5.62. The van der Waals surface area contributed by atoms with E-state index in [2.05, 4.69) is 32.9 Å². The van der Waals surface area contributed by atoms with Gasteiger partial charge in [0.1, 0.15) is 11.5 Å². The summed E-state index contributed by atoms with van der Waals surface area (Å²) in [5, 5.41) is 0. The van der Waals surface area contributed by atoms with Crippen molar-refractivity contribution in [1.29, 1.82) is 0 Å². The van der Waals surface area contributed by atoms with Crippen LogP contribution in [0.4, 0.5) is 0 Å². The van der Waals surface area contributed by atoms with Crippen LogP contribution in [-0.4, -0.2) is 0 Å². The van der Waals surface area contributed by atoms with Crippen LogP contribution >= 0.6 is 0 Å². The third-order valence-corrected chi connectivity index (χ3v) is 2.95. The van der Waals surface area contributed by atoms with Crippen LogP contribution in [-0.2, 0) is 0 Å². The van der Waals surface area contributed by atoms with Gasteiger partial charge in [0.05, 0.1) is 0 Å². The Morgan fingerprint density at radius 1 is 0.867 bits per heavy atom. The van der Waals surface area contributed by atoms with Crippen molar-refractivity contribution in [3.8, 4) is 11.3 Å². The Morgan fingerprint density at radius 2 is 1.47 bits per heavy atom. The predicted octanol–water partition coefficient (Wildman–Crippen LogP) is 4.18. The molecule has 0 radical (unpaired) electrons. The Balaban J connectivity index is 2.55. The molecule has 0 saturated heterocycles. The molecule has 0 aliphatic heterocycles. The molecule has 0 bridgehead atoms. The van der Waals surface area contributed by atoms with Gasteiger partial charge in [-0.2, -0.15) is 0 Å². The van der Waals surface area contributed by atoms with Crippen molar-refractivity contribution in [2.24, 2.45) is 0 Å². The summed E-state index contributed by atoms with van der Waals surface area (Å²) in [6.45, 7) is 8.41. The summed E-state index contributed by atoms with van der Waals surface area (Å²) in [5.41, 5.74) is 5.17. The maximum atomic E-state index is 5.62. The fourth-order valence-corrected chi connectivity index (χ4v) is 1.77. The molecule has 1 aromatic carbocycles. The van der Waals surface area contributed by atoms with Gasteiger partial charge in [-0.1, -0.05) is 0 Å². The van der Waals surface area contributed by atoms with Crippen LogP contribution in [0.2, 0.25) is 0 Å². The minimum atomic E-state index is 0.957. The van der Waals surface area contributed by atoms with Gasteiger partial charge in [0, 0.05) is 5.56 Å². The topological polar surface area (TPSA) is 13.1 Å². The van der Waals surface area contributed by atoms with Gasteiger partial charge in [0.25, 0.3) is 0 Å². The van der Waals surface area contributed by atoms with E-state index >= 15 is 0 Å². The molecule has 0 unspecified atom stereocenters. The lowest BCUT2D eigenvalue weighted by Gasteiger charge is -2.07. The van der Waals surface area contributed by atoms with Crippen LogP contribution in [0.5, 0.6) is 0 Å². The molecule has 15 heavy (non-hydrogen) atoms. The van der Waals surface area contributed by atoms with Gasteiger partial charge in [-0.25, -0.2) is 0 Å². The first kappa shape index (κ1) is 10.0. The smallest absolute Gasteiger partial charge is 0.134 e. The Morgan fingerprint density at radius 3 is 1.93 bits per heavy atom. The summed E-state index contributed by atoms with van der Waals surface area (Å²) in [6.07, 6.45) is 0. The van der Waals surface area contributed by atoms with Crippen LogP contribution < -0.4 is 0 Å². The van der Waals surface area contributed by atoms with Crippen molar-refractivity contribution in [2.45, 2.75) is 27.7 Å². The number of hydrogen-bond donors (Lipinski definition) is 0. The van der Waals surface area contributed by atoms with E-state index in [1.807, 2.05) is 19.1 Å². The lowest BCUT2D eigenvalue weighted by atomic mass is 10.00. The minimum Gasteiger partial charge on any atom is -0.461 e. The molecule has 1 heteroatoms. The maximum Gasteiger partial charge on any atom is 0.134 e. The monoisotopic (exact) mass is 200 g/mol. The molecule has 78 valence electrons. The van der Waals surface area contributed by atoms with E-state index in [1.165, 1.54) is 22.3 Å².